The summed E-state index contributed by atoms with van der Waals surface area (Å²) in [4.78, 5) is 0. The van der Waals surface area contributed by atoms with Crippen LogP contribution >= 0.6 is 22.6 Å². The van der Waals surface area contributed by atoms with E-state index in [9.17, 15) is 0 Å². The van der Waals surface area contributed by atoms with Gasteiger partial charge in [-0.3, -0.25) is 0 Å². The molecule has 0 aromatic heterocycles. The highest BCUT2D eigenvalue weighted by atomic mass is 127. The highest BCUT2D eigenvalue weighted by molar-refractivity contribution is 14.1. The first-order chi connectivity index (χ1) is 2.64. The zero-order valence-electron chi connectivity index (χ0n) is 3.43. The summed E-state index contributed by atoms with van der Waals surface area (Å²) in [5.41, 5.74) is 0. The van der Waals surface area contributed by atoms with Crippen LogP contribution in [0.4, 0.5) is 0 Å². The standard InChI is InChI=1S/C3H7IO2/c1-2(5)3(4)6/h2-3,5-6H,1H3/t2-,3-/m1/s1. The van der Waals surface area contributed by atoms with Gasteiger partial charge in [0.15, 0.2) is 0 Å². The molecule has 0 aliphatic carbocycles. The Morgan fingerprint density at radius 3 is 1.67 bits per heavy atom. The fourth-order valence-electron chi connectivity index (χ4n) is 0. The lowest BCUT2D eigenvalue weighted by Crippen LogP contribution is -2.13. The van der Waals surface area contributed by atoms with E-state index in [2.05, 4.69) is 0 Å². The summed E-state index contributed by atoms with van der Waals surface area (Å²) in [6.45, 7) is 1.54. The molecule has 0 fully saturated rings. The first kappa shape index (κ1) is 6.65. The maximum Gasteiger partial charge on any atom is 0.130 e. The summed E-state index contributed by atoms with van der Waals surface area (Å²) in [5.74, 6) is 0. The molecule has 0 radical (unpaired) electrons. The molecule has 0 unspecified atom stereocenters. The van der Waals surface area contributed by atoms with Gasteiger partial charge < -0.3 is 10.2 Å². The number of hydrogen-bond donors (Lipinski definition) is 2. The summed E-state index contributed by atoms with van der Waals surface area (Å²) in [5, 5.41) is 16.7. The van der Waals surface area contributed by atoms with Crippen molar-refractivity contribution < 1.29 is 10.2 Å². The summed E-state index contributed by atoms with van der Waals surface area (Å²) < 4.78 is -0.623. The number of hydrogen-bond acceptors (Lipinski definition) is 2. The SMILES string of the molecule is C[C@@H](O)[C@@H](O)I. The Kier molecular flexibility index (Phi) is 3.06. The fourth-order valence-corrected chi connectivity index (χ4v) is 0. The van der Waals surface area contributed by atoms with Crippen LogP contribution in [0.25, 0.3) is 0 Å². The predicted molar refractivity (Wildman–Crippen MR) is 31.7 cm³/mol. The maximum atomic E-state index is 8.37. The summed E-state index contributed by atoms with van der Waals surface area (Å²) in [6, 6.07) is 0. The van der Waals surface area contributed by atoms with E-state index in [-0.39, 0.29) is 0 Å². The minimum Gasteiger partial charge on any atom is -0.390 e. The van der Waals surface area contributed by atoms with Gasteiger partial charge in [-0.15, -0.1) is 0 Å². The van der Waals surface area contributed by atoms with Gasteiger partial charge in [-0.05, 0) is 29.5 Å². The zero-order valence-corrected chi connectivity index (χ0v) is 5.58. The molecular formula is C3H7IO2. The third-order valence-corrected chi connectivity index (χ3v) is 1.44. The van der Waals surface area contributed by atoms with Crippen LogP contribution in [0.3, 0.4) is 0 Å². The molecule has 0 saturated carbocycles. The quantitative estimate of drug-likeness (QED) is 0.468. The molecular weight excluding hydrogens is 195 g/mol. The Labute approximate surface area is 50.3 Å². The fraction of sp³-hybridized carbons (Fsp3) is 1.00. The van der Waals surface area contributed by atoms with E-state index in [1.165, 1.54) is 6.92 Å². The molecule has 38 valence electrons. The van der Waals surface area contributed by atoms with Gasteiger partial charge in [0, 0.05) is 0 Å². The molecule has 0 aromatic carbocycles. The van der Waals surface area contributed by atoms with Crippen molar-refractivity contribution in [3.8, 4) is 0 Å². The van der Waals surface area contributed by atoms with Gasteiger partial charge >= 0.3 is 0 Å². The van der Waals surface area contributed by atoms with E-state index in [0.717, 1.165) is 0 Å². The average Bonchev–Trinajstić information content (AvgIpc) is 1.36. The molecule has 2 nitrogen and oxygen atoms in total. The second kappa shape index (κ2) is 2.76. The number of rotatable bonds is 1. The van der Waals surface area contributed by atoms with Gasteiger partial charge in [0.2, 0.25) is 0 Å². The minimum absolute atomic E-state index is 0.606. The van der Waals surface area contributed by atoms with Crippen molar-refractivity contribution in [2.75, 3.05) is 0 Å². The van der Waals surface area contributed by atoms with Crippen LogP contribution in [0.1, 0.15) is 6.92 Å². The Morgan fingerprint density at radius 1 is 1.50 bits per heavy atom. The summed E-state index contributed by atoms with van der Waals surface area (Å²) in [6.07, 6.45) is -0.606. The summed E-state index contributed by atoms with van der Waals surface area (Å²) >= 11 is 1.74. The van der Waals surface area contributed by atoms with Gasteiger partial charge in [-0.2, -0.15) is 0 Å². The van der Waals surface area contributed by atoms with Crippen molar-refractivity contribution in [3.63, 3.8) is 0 Å². The number of aliphatic hydroxyl groups excluding tert-OH is 2. The maximum absolute atomic E-state index is 8.37. The van der Waals surface area contributed by atoms with Crippen LogP contribution in [0.5, 0.6) is 0 Å². The highest BCUT2D eigenvalue weighted by Crippen LogP contribution is 1.98. The minimum atomic E-state index is -0.623. The largest absolute Gasteiger partial charge is 0.390 e. The molecule has 2 atom stereocenters. The van der Waals surface area contributed by atoms with E-state index in [1.807, 2.05) is 0 Å². The zero-order chi connectivity index (χ0) is 5.15. The highest BCUT2D eigenvalue weighted by Gasteiger charge is 2.01. The van der Waals surface area contributed by atoms with Crippen molar-refractivity contribution in [2.45, 2.75) is 17.1 Å². The molecule has 0 aliphatic rings. The van der Waals surface area contributed by atoms with E-state index < -0.39 is 10.2 Å². The molecule has 0 spiro atoms. The average molecular weight is 202 g/mol. The van der Waals surface area contributed by atoms with Gasteiger partial charge in [-0.25, -0.2) is 0 Å². The Bertz CT molecular complexity index is 29.8. The summed E-state index contributed by atoms with van der Waals surface area (Å²) in [7, 11) is 0. The van der Waals surface area contributed by atoms with Crippen LogP contribution in [-0.2, 0) is 0 Å². The molecule has 0 bridgehead atoms. The molecule has 3 heteroatoms. The number of aliphatic hydroxyl groups is 2. The smallest absolute Gasteiger partial charge is 0.130 e. The van der Waals surface area contributed by atoms with Crippen LogP contribution in [0.2, 0.25) is 0 Å². The lowest BCUT2D eigenvalue weighted by atomic mass is 10.5. The van der Waals surface area contributed by atoms with Gasteiger partial charge in [0.1, 0.15) is 4.11 Å². The van der Waals surface area contributed by atoms with Crippen LogP contribution in [-0.4, -0.2) is 20.4 Å². The molecule has 0 aromatic rings. The second-order valence-electron chi connectivity index (χ2n) is 1.11. The Morgan fingerprint density at radius 2 is 1.67 bits per heavy atom. The van der Waals surface area contributed by atoms with E-state index in [0.29, 0.717) is 0 Å². The van der Waals surface area contributed by atoms with Gasteiger partial charge in [-0.1, -0.05) is 0 Å². The Balaban J connectivity index is 2.99. The first-order valence-electron chi connectivity index (χ1n) is 1.65. The van der Waals surface area contributed by atoms with E-state index in [4.69, 9.17) is 10.2 Å². The third-order valence-electron chi connectivity index (χ3n) is 0.398. The van der Waals surface area contributed by atoms with Crippen molar-refractivity contribution in [3.05, 3.63) is 0 Å². The first-order valence-corrected chi connectivity index (χ1v) is 2.89. The van der Waals surface area contributed by atoms with Crippen LogP contribution < -0.4 is 0 Å². The predicted octanol–water partition coefficient (Wildman–Crippen LogP) is 0.121. The van der Waals surface area contributed by atoms with Crippen molar-refractivity contribution >= 4 is 22.6 Å². The van der Waals surface area contributed by atoms with Crippen molar-refractivity contribution in [2.24, 2.45) is 0 Å². The van der Waals surface area contributed by atoms with Crippen molar-refractivity contribution in [1.29, 1.82) is 0 Å². The topological polar surface area (TPSA) is 40.5 Å². The number of alkyl halides is 1. The van der Waals surface area contributed by atoms with Crippen LogP contribution in [0.15, 0.2) is 0 Å². The van der Waals surface area contributed by atoms with E-state index in [1.54, 1.807) is 22.6 Å². The van der Waals surface area contributed by atoms with E-state index >= 15 is 0 Å². The number of halogens is 1. The lowest BCUT2D eigenvalue weighted by molar-refractivity contribution is 0.0974. The van der Waals surface area contributed by atoms with Crippen LogP contribution in [0, 0.1) is 0 Å². The normalized spacial score (nSPS) is 20.0. The molecule has 0 aliphatic heterocycles. The molecule has 0 heterocycles. The van der Waals surface area contributed by atoms with Crippen molar-refractivity contribution in [1.82, 2.24) is 0 Å². The Hall–Kier alpha value is 0.650. The monoisotopic (exact) mass is 202 g/mol. The van der Waals surface area contributed by atoms with Gasteiger partial charge in [0.05, 0.1) is 6.10 Å². The molecule has 0 saturated heterocycles. The second-order valence-corrected chi connectivity index (χ2v) is 2.39. The molecule has 6 heavy (non-hydrogen) atoms. The molecule has 0 rings (SSSR count). The van der Waals surface area contributed by atoms with Gasteiger partial charge in [0.25, 0.3) is 0 Å². The molecule has 0 amide bonds. The lowest BCUT2D eigenvalue weighted by Gasteiger charge is -2.01. The third kappa shape index (κ3) is 2.87. The molecule has 2 N–H and O–H groups in total.